The molecule has 25 heavy (non-hydrogen) atoms. The molecule has 1 N–H and O–H groups in total. The third kappa shape index (κ3) is 5.97. The highest BCUT2D eigenvalue weighted by Crippen LogP contribution is 2.18. The molecule has 2 rings (SSSR count). The predicted molar refractivity (Wildman–Crippen MR) is 95.0 cm³/mol. The van der Waals surface area contributed by atoms with Gasteiger partial charge in [-0.3, -0.25) is 14.8 Å². The van der Waals surface area contributed by atoms with Gasteiger partial charge in [0.15, 0.2) is 9.84 Å². The van der Waals surface area contributed by atoms with Gasteiger partial charge >= 0.3 is 0 Å². The maximum Gasteiger partial charge on any atom is 0.227 e. The van der Waals surface area contributed by atoms with Gasteiger partial charge in [-0.05, 0) is 24.5 Å². The van der Waals surface area contributed by atoms with Crippen molar-refractivity contribution in [2.45, 2.75) is 37.3 Å². The zero-order valence-corrected chi connectivity index (χ0v) is 15.3. The Kier molecular flexibility index (Phi) is 6.30. The van der Waals surface area contributed by atoms with E-state index in [1.54, 1.807) is 12.3 Å². The first-order valence-corrected chi connectivity index (χ1v) is 9.91. The summed E-state index contributed by atoms with van der Waals surface area (Å²) in [6.07, 6.45) is 5.04. The normalized spacial score (nSPS) is 20.1. The molecule has 0 aromatic carbocycles. The smallest absolute Gasteiger partial charge is 0.227 e. The number of sulfone groups is 1. The van der Waals surface area contributed by atoms with Crippen molar-refractivity contribution >= 4 is 22.0 Å². The Balaban J connectivity index is 1.79. The molecule has 0 saturated heterocycles. The molecule has 0 radical (unpaired) electrons. The minimum Gasteiger partial charge on any atom is -0.489 e. The van der Waals surface area contributed by atoms with Crippen molar-refractivity contribution in [3.05, 3.63) is 36.4 Å². The van der Waals surface area contributed by atoms with Gasteiger partial charge in [0.1, 0.15) is 6.10 Å². The lowest BCUT2D eigenvalue weighted by Gasteiger charge is -2.25. The van der Waals surface area contributed by atoms with Gasteiger partial charge in [0.2, 0.25) is 5.91 Å². The van der Waals surface area contributed by atoms with Crippen LogP contribution in [0, 0.1) is 5.92 Å². The van der Waals surface area contributed by atoms with E-state index in [0.717, 1.165) is 19.2 Å². The number of hydrogen-bond acceptors (Lipinski definition) is 6. The van der Waals surface area contributed by atoms with Crippen LogP contribution in [0.25, 0.3) is 0 Å². The number of ether oxygens (including phenoxy) is 1. The molecule has 2 heterocycles. The predicted octanol–water partition coefficient (Wildman–Crippen LogP) is 1.50. The average molecular weight is 365 g/mol. The molecule has 0 fully saturated rings. The third-order valence-electron chi connectivity index (χ3n) is 3.88. The largest absolute Gasteiger partial charge is 0.489 e. The second-order valence-corrected chi connectivity index (χ2v) is 8.17. The van der Waals surface area contributed by atoms with Crippen LogP contribution in [-0.4, -0.2) is 44.4 Å². The van der Waals surface area contributed by atoms with E-state index >= 15 is 0 Å². The van der Waals surface area contributed by atoms with Crippen LogP contribution in [0.3, 0.4) is 0 Å². The van der Waals surface area contributed by atoms with E-state index in [1.165, 1.54) is 12.3 Å². The van der Waals surface area contributed by atoms with Crippen molar-refractivity contribution in [3.63, 3.8) is 0 Å². The van der Waals surface area contributed by atoms with Gasteiger partial charge in [-0.25, -0.2) is 8.42 Å². The Morgan fingerprint density at radius 2 is 2.20 bits per heavy atom. The fraction of sp³-hybridized carbons (Fsp3) is 0.471. The van der Waals surface area contributed by atoms with E-state index in [4.69, 9.17) is 4.74 Å². The van der Waals surface area contributed by atoms with Gasteiger partial charge in [0.05, 0.1) is 29.3 Å². The van der Waals surface area contributed by atoms with E-state index in [-0.39, 0.29) is 29.9 Å². The lowest BCUT2D eigenvalue weighted by atomic mass is 9.99. The number of amides is 1. The second-order valence-electron chi connectivity index (χ2n) is 6.15. The minimum atomic E-state index is -3.27. The van der Waals surface area contributed by atoms with Gasteiger partial charge in [0, 0.05) is 25.2 Å². The maximum atomic E-state index is 12.0. The molecule has 1 aliphatic rings. The first-order chi connectivity index (χ1) is 11.8. The van der Waals surface area contributed by atoms with E-state index in [2.05, 4.69) is 28.8 Å². The van der Waals surface area contributed by atoms with Crippen LogP contribution in [0.2, 0.25) is 0 Å². The molecule has 1 aromatic heterocycles. The number of aromatic nitrogens is 1. The molecule has 2 unspecified atom stereocenters. The molecule has 2 atom stereocenters. The molecule has 8 heteroatoms. The molecule has 0 bridgehead atoms. The van der Waals surface area contributed by atoms with Crippen LogP contribution >= 0.6 is 0 Å². The summed E-state index contributed by atoms with van der Waals surface area (Å²) >= 11 is 0. The van der Waals surface area contributed by atoms with Gasteiger partial charge in [-0.15, -0.1) is 0 Å². The molecule has 136 valence electrons. The summed E-state index contributed by atoms with van der Waals surface area (Å²) in [6.45, 7) is 6.88. The Labute approximate surface area is 148 Å². The molecule has 0 spiro atoms. The molecule has 1 amide bonds. The average Bonchev–Trinajstić information content (AvgIpc) is 2.54. The summed E-state index contributed by atoms with van der Waals surface area (Å²) in [5.41, 5.74) is 0.570. The highest BCUT2D eigenvalue weighted by atomic mass is 32.2. The van der Waals surface area contributed by atoms with Crippen LogP contribution in [0.4, 0.5) is 0 Å². The summed E-state index contributed by atoms with van der Waals surface area (Å²) in [6, 6.07) is 3.04. The number of hydrogen-bond donors (Lipinski definition) is 1. The van der Waals surface area contributed by atoms with Crippen molar-refractivity contribution in [2.24, 2.45) is 10.9 Å². The van der Waals surface area contributed by atoms with Crippen LogP contribution in [0.15, 0.2) is 40.6 Å². The maximum absolute atomic E-state index is 12.0. The number of carbonyl (C=O) groups excluding carboxylic acids is 1. The van der Waals surface area contributed by atoms with Crippen LogP contribution in [-0.2, 0) is 25.9 Å². The van der Waals surface area contributed by atoms with Crippen LogP contribution in [0.5, 0.6) is 0 Å². The summed E-state index contributed by atoms with van der Waals surface area (Å²) < 4.78 is 28.4. The molecular weight excluding hydrogens is 342 g/mol. The number of rotatable bonds is 7. The summed E-state index contributed by atoms with van der Waals surface area (Å²) in [5, 5.41) is 2.71. The monoisotopic (exact) mass is 365 g/mol. The Morgan fingerprint density at radius 1 is 1.44 bits per heavy atom. The second kappa shape index (κ2) is 8.24. The number of aliphatic imine (C=N–C) groups is 1. The van der Waals surface area contributed by atoms with E-state index in [0.29, 0.717) is 17.4 Å². The van der Waals surface area contributed by atoms with Crippen molar-refractivity contribution in [3.8, 4) is 0 Å². The zero-order chi connectivity index (χ0) is 18.4. The summed E-state index contributed by atoms with van der Waals surface area (Å²) in [5.74, 6) is 0.498. The fourth-order valence-corrected chi connectivity index (χ4v) is 2.87. The Hall–Kier alpha value is -2.22. The summed E-state index contributed by atoms with van der Waals surface area (Å²) in [4.78, 5) is 20.3. The first-order valence-electron chi connectivity index (χ1n) is 8.02. The topological polar surface area (TPSA) is 97.7 Å². The van der Waals surface area contributed by atoms with E-state index in [1.807, 2.05) is 0 Å². The number of nitrogens with one attached hydrogen (secondary N) is 1. The van der Waals surface area contributed by atoms with Gasteiger partial charge in [-0.2, -0.15) is 0 Å². The van der Waals surface area contributed by atoms with Crippen LogP contribution in [0.1, 0.15) is 25.5 Å². The molecule has 1 aliphatic heterocycles. The van der Waals surface area contributed by atoms with Gasteiger partial charge in [0.25, 0.3) is 0 Å². The van der Waals surface area contributed by atoms with Crippen molar-refractivity contribution in [1.82, 2.24) is 10.3 Å². The Morgan fingerprint density at radius 3 is 2.80 bits per heavy atom. The molecule has 7 nitrogen and oxygen atoms in total. The zero-order valence-electron chi connectivity index (χ0n) is 14.4. The standard InChI is InChI=1S/C17H23N3O4S/c1-12-6-7-18-11-16(12)24-13(2)8-17(21)20-9-14-4-5-15(10-19-14)25(3,22)23/h4-5,10-12,16H,2,6-9H2,1,3H3,(H,20,21). The molecular formula is C17H23N3O4S. The number of pyridine rings is 1. The molecule has 0 saturated carbocycles. The number of carbonyl (C=O) groups is 1. The van der Waals surface area contributed by atoms with E-state index in [9.17, 15) is 13.2 Å². The van der Waals surface area contributed by atoms with Gasteiger partial charge < -0.3 is 10.1 Å². The highest BCUT2D eigenvalue weighted by molar-refractivity contribution is 7.90. The Bertz CT molecular complexity index is 757. The lowest BCUT2D eigenvalue weighted by Crippen LogP contribution is -2.29. The van der Waals surface area contributed by atoms with Gasteiger partial charge in [-0.1, -0.05) is 13.5 Å². The molecule has 0 aliphatic carbocycles. The van der Waals surface area contributed by atoms with Crippen molar-refractivity contribution in [2.75, 3.05) is 12.8 Å². The van der Waals surface area contributed by atoms with Crippen molar-refractivity contribution in [1.29, 1.82) is 0 Å². The fourth-order valence-electron chi connectivity index (χ4n) is 2.31. The van der Waals surface area contributed by atoms with Crippen LogP contribution < -0.4 is 5.32 Å². The minimum absolute atomic E-state index is 0.0541. The molecule has 1 aromatic rings. The lowest BCUT2D eigenvalue weighted by molar-refractivity contribution is -0.121. The van der Waals surface area contributed by atoms with Crippen molar-refractivity contribution < 1.29 is 17.9 Å². The highest BCUT2D eigenvalue weighted by Gasteiger charge is 2.21. The number of nitrogens with zero attached hydrogens (tertiary/aromatic N) is 2. The summed E-state index contributed by atoms with van der Waals surface area (Å²) in [7, 11) is -3.27. The quantitative estimate of drug-likeness (QED) is 0.739. The first kappa shape index (κ1) is 19.1. The third-order valence-corrected chi connectivity index (χ3v) is 4.98. The SMILES string of the molecule is C=C(CC(=O)NCc1ccc(S(C)(=O)=O)cn1)OC1C=NCCC1C. The van der Waals surface area contributed by atoms with E-state index < -0.39 is 9.84 Å².